The van der Waals surface area contributed by atoms with Crippen LogP contribution < -0.4 is 5.32 Å². The first-order chi connectivity index (χ1) is 7.36. The number of nitrogens with one attached hydrogen (secondary N) is 1. The molecule has 3 heteroatoms. The van der Waals surface area contributed by atoms with Gasteiger partial charge < -0.3 is 5.32 Å². The van der Waals surface area contributed by atoms with E-state index in [1.165, 1.54) is 25.7 Å². The quantitative estimate of drug-likeness (QED) is 0.755. The van der Waals surface area contributed by atoms with E-state index in [0.29, 0.717) is 12.3 Å². The van der Waals surface area contributed by atoms with Crippen molar-refractivity contribution in [1.29, 1.82) is 0 Å². The highest BCUT2D eigenvalue weighted by atomic mass is 16.1. The summed E-state index contributed by atoms with van der Waals surface area (Å²) >= 11 is 0. The van der Waals surface area contributed by atoms with Crippen molar-refractivity contribution in [1.82, 2.24) is 10.2 Å². The Morgan fingerprint density at radius 2 is 2.00 bits per heavy atom. The molecule has 0 bridgehead atoms. The molecule has 0 amide bonds. The summed E-state index contributed by atoms with van der Waals surface area (Å²) in [6.45, 7) is 4.96. The van der Waals surface area contributed by atoms with E-state index in [-0.39, 0.29) is 5.92 Å². The van der Waals surface area contributed by atoms with Gasteiger partial charge in [0.1, 0.15) is 0 Å². The van der Waals surface area contributed by atoms with Gasteiger partial charge in [0, 0.05) is 12.5 Å². The maximum absolute atomic E-state index is 12.0. The van der Waals surface area contributed by atoms with Gasteiger partial charge in [0.25, 0.3) is 0 Å². The summed E-state index contributed by atoms with van der Waals surface area (Å²) in [6.07, 6.45) is 6.09. The highest BCUT2D eigenvalue weighted by Crippen LogP contribution is 2.14. The highest BCUT2D eigenvalue weighted by Gasteiger charge is 2.23. The van der Waals surface area contributed by atoms with Gasteiger partial charge in [-0.15, -0.1) is 0 Å². The average molecular weight is 210 g/mol. The molecule has 0 spiro atoms. The zero-order valence-corrected chi connectivity index (χ0v) is 9.50. The van der Waals surface area contributed by atoms with Gasteiger partial charge in [-0.1, -0.05) is 6.42 Å². The predicted octanol–water partition coefficient (Wildman–Crippen LogP) is 1.04. The molecule has 1 atom stereocenters. The molecule has 0 aromatic carbocycles. The molecule has 86 valence electrons. The van der Waals surface area contributed by atoms with E-state index in [4.69, 9.17) is 0 Å². The second kappa shape index (κ2) is 5.61. The molecule has 2 heterocycles. The van der Waals surface area contributed by atoms with Crippen LogP contribution in [0.3, 0.4) is 0 Å². The molecular weight excluding hydrogens is 188 g/mol. The normalized spacial score (nSPS) is 28.9. The molecule has 2 fully saturated rings. The van der Waals surface area contributed by atoms with Crippen LogP contribution in [0.5, 0.6) is 0 Å². The van der Waals surface area contributed by atoms with Crippen molar-refractivity contribution >= 4 is 5.78 Å². The Morgan fingerprint density at radius 1 is 1.20 bits per heavy atom. The summed E-state index contributed by atoms with van der Waals surface area (Å²) in [6, 6.07) is 0. The van der Waals surface area contributed by atoms with E-state index in [0.717, 1.165) is 32.6 Å². The molecule has 3 nitrogen and oxygen atoms in total. The van der Waals surface area contributed by atoms with Crippen LogP contribution in [0.15, 0.2) is 0 Å². The molecule has 0 radical (unpaired) electrons. The molecule has 0 aromatic heterocycles. The Hall–Kier alpha value is -0.410. The molecule has 0 aromatic rings. The topological polar surface area (TPSA) is 32.3 Å². The molecule has 2 aliphatic heterocycles. The number of carbonyl (C=O) groups excluding carboxylic acids is 1. The van der Waals surface area contributed by atoms with Crippen LogP contribution in [0.4, 0.5) is 0 Å². The fourth-order valence-corrected chi connectivity index (χ4v) is 2.58. The lowest BCUT2D eigenvalue weighted by molar-refractivity contribution is -0.123. The third-order valence-electron chi connectivity index (χ3n) is 3.58. The molecule has 1 unspecified atom stereocenters. The minimum atomic E-state index is 0.285. The van der Waals surface area contributed by atoms with Gasteiger partial charge in [0.2, 0.25) is 0 Å². The summed E-state index contributed by atoms with van der Waals surface area (Å²) in [7, 11) is 0. The van der Waals surface area contributed by atoms with Crippen LogP contribution in [-0.2, 0) is 4.79 Å². The number of Topliss-reactive ketones (excluding diaryl/α,β-unsaturated/α-hetero) is 1. The zero-order valence-electron chi connectivity index (χ0n) is 9.50. The molecule has 0 aliphatic carbocycles. The summed E-state index contributed by atoms with van der Waals surface area (Å²) < 4.78 is 0. The van der Waals surface area contributed by atoms with Gasteiger partial charge in [-0.05, 0) is 45.3 Å². The van der Waals surface area contributed by atoms with E-state index in [1.54, 1.807) is 0 Å². The summed E-state index contributed by atoms with van der Waals surface area (Å²) in [5.41, 5.74) is 0. The molecule has 0 saturated carbocycles. The number of ketones is 1. The van der Waals surface area contributed by atoms with E-state index in [2.05, 4.69) is 10.2 Å². The van der Waals surface area contributed by atoms with Crippen LogP contribution >= 0.6 is 0 Å². The maximum Gasteiger partial charge on any atom is 0.151 e. The van der Waals surface area contributed by atoms with Crippen LogP contribution in [0.2, 0.25) is 0 Å². The number of carbonyl (C=O) groups is 1. The van der Waals surface area contributed by atoms with Gasteiger partial charge in [0.05, 0.1) is 6.54 Å². The summed E-state index contributed by atoms with van der Waals surface area (Å²) in [5.74, 6) is 0.749. The van der Waals surface area contributed by atoms with Crippen molar-refractivity contribution in [2.45, 2.75) is 32.1 Å². The SMILES string of the molecule is O=C(CN1CCCC1)C1CCCCNC1. The van der Waals surface area contributed by atoms with Gasteiger partial charge in [-0.2, -0.15) is 0 Å². The molecule has 1 N–H and O–H groups in total. The van der Waals surface area contributed by atoms with Gasteiger partial charge >= 0.3 is 0 Å². The second-order valence-corrected chi connectivity index (χ2v) is 4.85. The van der Waals surface area contributed by atoms with Crippen molar-refractivity contribution in [3.05, 3.63) is 0 Å². The Kier molecular flexibility index (Phi) is 4.15. The first kappa shape index (κ1) is 11.1. The minimum Gasteiger partial charge on any atom is -0.316 e. The fourth-order valence-electron chi connectivity index (χ4n) is 2.58. The molecular formula is C12H22N2O. The second-order valence-electron chi connectivity index (χ2n) is 4.85. The van der Waals surface area contributed by atoms with Crippen molar-refractivity contribution in [2.75, 3.05) is 32.7 Å². The smallest absolute Gasteiger partial charge is 0.151 e. The van der Waals surface area contributed by atoms with Crippen LogP contribution in [0.25, 0.3) is 0 Å². The lowest BCUT2D eigenvalue weighted by Crippen LogP contribution is -2.35. The largest absolute Gasteiger partial charge is 0.316 e. The number of likely N-dealkylation sites (tertiary alicyclic amines) is 1. The average Bonchev–Trinajstić information content (AvgIpc) is 2.58. The van der Waals surface area contributed by atoms with E-state index < -0.39 is 0 Å². The highest BCUT2D eigenvalue weighted by molar-refractivity contribution is 5.83. The predicted molar refractivity (Wildman–Crippen MR) is 60.9 cm³/mol. The lowest BCUT2D eigenvalue weighted by Gasteiger charge is -2.18. The Morgan fingerprint density at radius 3 is 2.80 bits per heavy atom. The maximum atomic E-state index is 12.0. The molecule has 2 saturated heterocycles. The molecule has 2 rings (SSSR count). The van der Waals surface area contributed by atoms with Gasteiger partial charge in [-0.25, -0.2) is 0 Å². The third-order valence-corrected chi connectivity index (χ3v) is 3.58. The Bertz CT molecular complexity index is 204. The summed E-state index contributed by atoms with van der Waals surface area (Å²) in [5, 5.41) is 3.36. The minimum absolute atomic E-state index is 0.285. The first-order valence-corrected chi connectivity index (χ1v) is 6.32. The van der Waals surface area contributed by atoms with Crippen LogP contribution in [-0.4, -0.2) is 43.4 Å². The number of hydrogen-bond donors (Lipinski definition) is 1. The van der Waals surface area contributed by atoms with Crippen molar-refractivity contribution in [2.24, 2.45) is 5.92 Å². The van der Waals surface area contributed by atoms with Crippen molar-refractivity contribution < 1.29 is 4.79 Å². The van der Waals surface area contributed by atoms with Crippen molar-refractivity contribution in [3.63, 3.8) is 0 Å². The van der Waals surface area contributed by atoms with Gasteiger partial charge in [-0.3, -0.25) is 9.69 Å². The van der Waals surface area contributed by atoms with E-state index in [9.17, 15) is 4.79 Å². The Balaban J connectivity index is 1.77. The number of nitrogens with zero attached hydrogens (tertiary/aromatic N) is 1. The van der Waals surface area contributed by atoms with Crippen molar-refractivity contribution in [3.8, 4) is 0 Å². The standard InChI is InChI=1S/C12H22N2O/c15-12(10-14-7-3-4-8-14)11-5-1-2-6-13-9-11/h11,13H,1-10H2. The number of hydrogen-bond acceptors (Lipinski definition) is 3. The third kappa shape index (κ3) is 3.28. The van der Waals surface area contributed by atoms with Gasteiger partial charge in [0.15, 0.2) is 5.78 Å². The zero-order chi connectivity index (χ0) is 10.5. The van der Waals surface area contributed by atoms with Crippen LogP contribution in [0.1, 0.15) is 32.1 Å². The lowest BCUT2D eigenvalue weighted by atomic mass is 9.98. The number of rotatable bonds is 3. The van der Waals surface area contributed by atoms with Crippen LogP contribution in [0, 0.1) is 5.92 Å². The molecule has 15 heavy (non-hydrogen) atoms. The monoisotopic (exact) mass is 210 g/mol. The fraction of sp³-hybridized carbons (Fsp3) is 0.917. The molecule has 2 aliphatic rings. The first-order valence-electron chi connectivity index (χ1n) is 6.32. The Labute approximate surface area is 92.2 Å². The van der Waals surface area contributed by atoms with E-state index in [1.807, 2.05) is 0 Å². The summed E-state index contributed by atoms with van der Waals surface area (Å²) in [4.78, 5) is 14.3. The van der Waals surface area contributed by atoms with E-state index >= 15 is 0 Å².